The number of rotatable bonds is 3. The maximum atomic E-state index is 11.5. The van der Waals surface area contributed by atoms with Crippen molar-refractivity contribution in [2.75, 3.05) is 13.1 Å². The molecule has 0 atom stereocenters. The van der Waals surface area contributed by atoms with E-state index in [1.54, 1.807) is 0 Å². The van der Waals surface area contributed by atoms with E-state index < -0.39 is 0 Å². The molecule has 2 rings (SSSR count). The molecule has 0 amide bonds. The van der Waals surface area contributed by atoms with Crippen molar-refractivity contribution in [3.05, 3.63) is 0 Å². The van der Waals surface area contributed by atoms with Crippen LogP contribution in [0.15, 0.2) is 0 Å². The van der Waals surface area contributed by atoms with Gasteiger partial charge in [-0.1, -0.05) is 13.8 Å². The van der Waals surface area contributed by atoms with Crippen molar-refractivity contribution in [1.82, 2.24) is 4.90 Å². The van der Waals surface area contributed by atoms with Crippen LogP contribution in [0.4, 0.5) is 0 Å². The van der Waals surface area contributed by atoms with Gasteiger partial charge in [-0.05, 0) is 12.8 Å². The summed E-state index contributed by atoms with van der Waals surface area (Å²) in [4.78, 5) is 13.9. The number of nitrogens with zero attached hydrogens (tertiary/aromatic N) is 1. The van der Waals surface area contributed by atoms with E-state index in [1.165, 1.54) is 12.8 Å². The van der Waals surface area contributed by atoms with Crippen molar-refractivity contribution in [2.24, 2.45) is 11.8 Å². The average molecular weight is 167 g/mol. The Hall–Kier alpha value is -0.370. The third-order valence-corrected chi connectivity index (χ3v) is 2.94. The van der Waals surface area contributed by atoms with Crippen LogP contribution in [0, 0.1) is 11.8 Å². The number of ketones is 1. The lowest BCUT2D eigenvalue weighted by Crippen LogP contribution is -2.52. The maximum Gasteiger partial charge on any atom is 0.141 e. The summed E-state index contributed by atoms with van der Waals surface area (Å²) in [5.41, 5.74) is 0. The SMILES string of the molecule is CC(C)C(=O)C1CN(C2CC2)C1. The number of hydrogen-bond acceptors (Lipinski definition) is 2. The van der Waals surface area contributed by atoms with Crippen molar-refractivity contribution < 1.29 is 4.79 Å². The second kappa shape index (κ2) is 2.84. The summed E-state index contributed by atoms with van der Waals surface area (Å²) in [7, 11) is 0. The van der Waals surface area contributed by atoms with E-state index in [0.717, 1.165) is 19.1 Å². The third kappa shape index (κ3) is 1.40. The van der Waals surface area contributed by atoms with Crippen LogP contribution in [0.1, 0.15) is 26.7 Å². The number of hydrogen-bond donors (Lipinski definition) is 0. The van der Waals surface area contributed by atoms with E-state index in [0.29, 0.717) is 11.7 Å². The molecule has 0 N–H and O–H groups in total. The molecule has 1 aliphatic heterocycles. The van der Waals surface area contributed by atoms with Gasteiger partial charge in [0.05, 0.1) is 0 Å². The molecular formula is C10H17NO. The highest BCUT2D eigenvalue weighted by Gasteiger charge is 2.40. The smallest absolute Gasteiger partial charge is 0.141 e. The summed E-state index contributed by atoms with van der Waals surface area (Å²) >= 11 is 0. The fourth-order valence-corrected chi connectivity index (χ4v) is 1.90. The van der Waals surface area contributed by atoms with Gasteiger partial charge in [-0.25, -0.2) is 0 Å². The maximum absolute atomic E-state index is 11.5. The lowest BCUT2D eigenvalue weighted by atomic mass is 9.89. The lowest BCUT2D eigenvalue weighted by molar-refractivity contribution is -0.131. The highest BCUT2D eigenvalue weighted by Crippen LogP contribution is 2.33. The molecule has 2 heteroatoms. The first-order valence-electron chi connectivity index (χ1n) is 4.96. The van der Waals surface area contributed by atoms with Crippen LogP contribution in [0.2, 0.25) is 0 Å². The van der Waals surface area contributed by atoms with E-state index in [1.807, 2.05) is 13.8 Å². The Morgan fingerprint density at radius 1 is 1.33 bits per heavy atom. The Balaban J connectivity index is 1.76. The molecule has 12 heavy (non-hydrogen) atoms. The molecule has 0 aromatic rings. The molecule has 0 spiro atoms. The minimum Gasteiger partial charge on any atom is -0.299 e. The van der Waals surface area contributed by atoms with Crippen LogP contribution >= 0.6 is 0 Å². The van der Waals surface area contributed by atoms with E-state index in [2.05, 4.69) is 4.90 Å². The predicted molar refractivity (Wildman–Crippen MR) is 47.9 cm³/mol. The molecular weight excluding hydrogens is 150 g/mol. The van der Waals surface area contributed by atoms with Crippen molar-refractivity contribution in [2.45, 2.75) is 32.7 Å². The minimum atomic E-state index is 0.233. The number of Topliss-reactive ketones (excluding diaryl/α,β-unsaturated/α-hetero) is 1. The number of carbonyl (C=O) groups is 1. The molecule has 1 saturated heterocycles. The average Bonchev–Trinajstić information content (AvgIpc) is 2.67. The van der Waals surface area contributed by atoms with E-state index in [4.69, 9.17) is 0 Å². The van der Waals surface area contributed by atoms with Crippen molar-refractivity contribution in [3.63, 3.8) is 0 Å². The number of likely N-dealkylation sites (tertiary alicyclic amines) is 1. The van der Waals surface area contributed by atoms with Gasteiger partial charge >= 0.3 is 0 Å². The van der Waals surface area contributed by atoms with Gasteiger partial charge in [0.2, 0.25) is 0 Å². The highest BCUT2D eigenvalue weighted by atomic mass is 16.1. The van der Waals surface area contributed by atoms with Gasteiger partial charge in [-0.2, -0.15) is 0 Å². The Morgan fingerprint density at radius 3 is 2.33 bits per heavy atom. The topological polar surface area (TPSA) is 20.3 Å². The van der Waals surface area contributed by atoms with Gasteiger partial charge in [0.25, 0.3) is 0 Å². The zero-order chi connectivity index (χ0) is 8.72. The lowest BCUT2D eigenvalue weighted by Gasteiger charge is -2.39. The molecule has 2 fully saturated rings. The monoisotopic (exact) mass is 167 g/mol. The van der Waals surface area contributed by atoms with E-state index in [9.17, 15) is 4.79 Å². The van der Waals surface area contributed by atoms with Crippen LogP contribution < -0.4 is 0 Å². The summed E-state index contributed by atoms with van der Waals surface area (Å²) in [6, 6.07) is 0.848. The molecule has 1 aliphatic carbocycles. The molecule has 2 nitrogen and oxygen atoms in total. The second-order valence-electron chi connectivity index (χ2n) is 4.44. The molecule has 1 heterocycles. The molecule has 0 aromatic heterocycles. The summed E-state index contributed by atoms with van der Waals surface area (Å²) in [6.07, 6.45) is 2.73. The van der Waals surface area contributed by atoms with Crippen LogP contribution in [0.5, 0.6) is 0 Å². The molecule has 68 valence electrons. The van der Waals surface area contributed by atoms with Crippen molar-refractivity contribution in [3.8, 4) is 0 Å². The molecule has 0 bridgehead atoms. The Morgan fingerprint density at radius 2 is 1.92 bits per heavy atom. The van der Waals surface area contributed by atoms with Crippen LogP contribution in [0.25, 0.3) is 0 Å². The third-order valence-electron chi connectivity index (χ3n) is 2.94. The molecule has 1 saturated carbocycles. The Bertz CT molecular complexity index is 190. The molecule has 2 aliphatic rings. The van der Waals surface area contributed by atoms with Gasteiger partial charge in [-0.15, -0.1) is 0 Å². The summed E-state index contributed by atoms with van der Waals surface area (Å²) in [5.74, 6) is 1.06. The highest BCUT2D eigenvalue weighted by molar-refractivity contribution is 5.84. The van der Waals surface area contributed by atoms with E-state index >= 15 is 0 Å². The molecule has 0 unspecified atom stereocenters. The summed E-state index contributed by atoms with van der Waals surface area (Å²) < 4.78 is 0. The van der Waals surface area contributed by atoms with Gasteiger partial charge in [0.15, 0.2) is 0 Å². The normalized spacial score (nSPS) is 25.9. The van der Waals surface area contributed by atoms with Crippen molar-refractivity contribution in [1.29, 1.82) is 0 Å². The zero-order valence-electron chi connectivity index (χ0n) is 7.92. The zero-order valence-corrected chi connectivity index (χ0v) is 7.92. The first-order chi connectivity index (χ1) is 5.68. The molecule has 0 radical (unpaired) electrons. The summed E-state index contributed by atoms with van der Waals surface area (Å²) in [6.45, 7) is 6.09. The summed E-state index contributed by atoms with van der Waals surface area (Å²) in [5, 5.41) is 0. The Labute approximate surface area is 73.9 Å². The van der Waals surface area contributed by atoms with Gasteiger partial charge < -0.3 is 0 Å². The molecule has 0 aromatic carbocycles. The van der Waals surface area contributed by atoms with Gasteiger partial charge in [0, 0.05) is 31.0 Å². The first kappa shape index (κ1) is 8.24. The van der Waals surface area contributed by atoms with Crippen LogP contribution in [-0.2, 0) is 4.79 Å². The second-order valence-corrected chi connectivity index (χ2v) is 4.44. The number of carbonyl (C=O) groups excluding carboxylic acids is 1. The largest absolute Gasteiger partial charge is 0.299 e. The predicted octanol–water partition coefficient (Wildman–Crippen LogP) is 1.31. The standard InChI is InChI=1S/C10H17NO/c1-7(2)10(12)8-5-11(6-8)9-3-4-9/h7-9H,3-6H2,1-2H3. The Kier molecular flexibility index (Phi) is 1.95. The minimum absolute atomic E-state index is 0.233. The fraction of sp³-hybridized carbons (Fsp3) is 0.900. The first-order valence-corrected chi connectivity index (χ1v) is 4.96. The van der Waals surface area contributed by atoms with E-state index in [-0.39, 0.29) is 5.92 Å². The quantitative estimate of drug-likeness (QED) is 0.631. The van der Waals surface area contributed by atoms with Gasteiger partial charge in [0.1, 0.15) is 5.78 Å². The fourth-order valence-electron chi connectivity index (χ4n) is 1.90. The van der Waals surface area contributed by atoms with Gasteiger partial charge in [-0.3, -0.25) is 9.69 Å². The van der Waals surface area contributed by atoms with Crippen molar-refractivity contribution >= 4 is 5.78 Å². The van der Waals surface area contributed by atoms with Crippen LogP contribution in [-0.4, -0.2) is 29.8 Å². The van der Waals surface area contributed by atoms with Crippen LogP contribution in [0.3, 0.4) is 0 Å².